The van der Waals surface area contributed by atoms with Gasteiger partial charge in [0, 0.05) is 11.4 Å². The van der Waals surface area contributed by atoms with Crippen LogP contribution in [0.1, 0.15) is 39.5 Å². The summed E-state index contributed by atoms with van der Waals surface area (Å²) in [5.41, 5.74) is 1.03. The lowest BCUT2D eigenvalue weighted by atomic mass is 10.0. The van der Waals surface area contributed by atoms with Crippen molar-refractivity contribution in [2.24, 2.45) is 5.92 Å². The maximum absolute atomic E-state index is 13.7. The van der Waals surface area contributed by atoms with Crippen molar-refractivity contribution in [3.05, 3.63) is 42.5 Å². The Kier molecular flexibility index (Phi) is 7.80. The lowest BCUT2D eigenvalue weighted by Gasteiger charge is -2.29. The minimum Gasteiger partial charge on any atom is -0.399 e. The van der Waals surface area contributed by atoms with E-state index in [1.54, 1.807) is 15.9 Å². The monoisotopic (exact) mass is 538 g/mol. The first-order valence-corrected chi connectivity index (χ1v) is 14.1. The van der Waals surface area contributed by atoms with Crippen LogP contribution in [0, 0.1) is 5.92 Å². The molecular weight excluding hydrogens is 504 g/mol. The highest BCUT2D eigenvalue weighted by Crippen LogP contribution is 2.34. The van der Waals surface area contributed by atoms with Gasteiger partial charge in [0.25, 0.3) is 0 Å². The van der Waals surface area contributed by atoms with Crippen LogP contribution in [0.15, 0.2) is 42.5 Å². The predicted octanol–water partition coefficient (Wildman–Crippen LogP) is 3.05. The van der Waals surface area contributed by atoms with Gasteiger partial charge in [-0.15, -0.1) is 0 Å². The zero-order valence-corrected chi connectivity index (χ0v) is 22.5. The molecule has 5 rings (SSSR count). The second kappa shape index (κ2) is 11.2. The Labute approximate surface area is 226 Å². The molecule has 9 nitrogen and oxygen atoms in total. The Balaban J connectivity index is 1.24. The number of carbonyl (C=O) groups is 4. The molecule has 3 aliphatic rings. The van der Waals surface area contributed by atoms with Gasteiger partial charge in [0.1, 0.15) is 12.1 Å². The van der Waals surface area contributed by atoms with E-state index in [1.807, 2.05) is 50.2 Å². The average Bonchev–Trinajstić information content (AvgIpc) is 3.69. The molecule has 0 radical (unpaired) electrons. The van der Waals surface area contributed by atoms with Crippen LogP contribution in [-0.2, 0) is 14.4 Å². The van der Waals surface area contributed by atoms with Gasteiger partial charge in [-0.25, -0.2) is 4.79 Å². The van der Waals surface area contributed by atoms with Crippen molar-refractivity contribution in [2.45, 2.75) is 63.7 Å². The molecule has 0 saturated carbocycles. The quantitative estimate of drug-likeness (QED) is 0.561. The maximum atomic E-state index is 13.7. The van der Waals surface area contributed by atoms with E-state index in [9.17, 15) is 19.2 Å². The highest BCUT2D eigenvalue weighted by atomic mass is 32.1. The molecule has 10 heteroatoms. The molecule has 202 valence electrons. The summed E-state index contributed by atoms with van der Waals surface area (Å²) < 4.78 is 5.53. The lowest BCUT2D eigenvalue weighted by Crippen LogP contribution is -2.53. The number of rotatable bonds is 7. The van der Waals surface area contributed by atoms with E-state index < -0.39 is 18.2 Å². The molecule has 0 bridgehead atoms. The molecule has 4 heterocycles. The van der Waals surface area contributed by atoms with E-state index in [0.29, 0.717) is 24.4 Å². The average molecular weight is 539 g/mol. The van der Waals surface area contributed by atoms with E-state index in [-0.39, 0.29) is 42.1 Å². The van der Waals surface area contributed by atoms with Crippen LogP contribution in [-0.4, -0.2) is 77.3 Å². The summed E-state index contributed by atoms with van der Waals surface area (Å²) in [7, 11) is 0. The number of benzene rings is 1. The first-order valence-electron chi connectivity index (χ1n) is 13.3. The van der Waals surface area contributed by atoms with Crippen molar-refractivity contribution in [1.82, 2.24) is 20.4 Å². The number of nitrogens with one attached hydrogen (secondary N) is 2. The second-order valence-corrected chi connectivity index (χ2v) is 11.7. The summed E-state index contributed by atoms with van der Waals surface area (Å²) in [6.07, 6.45) is 1.96. The number of ketones is 1. The Bertz CT molecular complexity index is 1190. The molecule has 2 N–H and O–H groups in total. The van der Waals surface area contributed by atoms with Gasteiger partial charge in [-0.3, -0.25) is 14.4 Å². The van der Waals surface area contributed by atoms with E-state index in [1.165, 1.54) is 11.3 Å². The number of thiophene rings is 1. The van der Waals surface area contributed by atoms with Crippen molar-refractivity contribution in [1.29, 1.82) is 0 Å². The maximum Gasteiger partial charge on any atom is 0.414 e. The number of fused-ring (bicyclic) bond motifs is 1. The fourth-order valence-corrected chi connectivity index (χ4v) is 6.60. The van der Waals surface area contributed by atoms with Gasteiger partial charge in [-0.05, 0) is 55.8 Å². The van der Waals surface area contributed by atoms with E-state index in [4.69, 9.17) is 4.74 Å². The molecule has 2 aromatic rings. The molecule has 1 aromatic heterocycles. The SMILES string of the molecule is CC(C)CC(NC(=O)Oc1ccc(-c2ccccc2)s1)C(=O)N1CCC2C1C(=O)CN2C(=O)C1CCCN1. The van der Waals surface area contributed by atoms with Gasteiger partial charge in [0.15, 0.2) is 10.8 Å². The summed E-state index contributed by atoms with van der Waals surface area (Å²) in [5, 5.41) is 6.39. The molecule has 3 aliphatic heterocycles. The summed E-state index contributed by atoms with van der Waals surface area (Å²) >= 11 is 1.35. The van der Waals surface area contributed by atoms with Crippen molar-refractivity contribution >= 4 is 35.0 Å². The summed E-state index contributed by atoms with van der Waals surface area (Å²) in [6.45, 7) is 5.15. The Hall–Kier alpha value is -3.24. The minimum atomic E-state index is -0.830. The van der Waals surface area contributed by atoms with Gasteiger partial charge in [-0.1, -0.05) is 55.5 Å². The molecule has 3 fully saturated rings. The number of nitrogens with zero attached hydrogens (tertiary/aromatic N) is 2. The molecule has 1 aromatic carbocycles. The van der Waals surface area contributed by atoms with E-state index in [0.717, 1.165) is 29.8 Å². The number of amides is 3. The van der Waals surface area contributed by atoms with Crippen LogP contribution in [0.3, 0.4) is 0 Å². The smallest absolute Gasteiger partial charge is 0.399 e. The first-order chi connectivity index (χ1) is 18.3. The van der Waals surface area contributed by atoms with Crippen LogP contribution < -0.4 is 15.4 Å². The van der Waals surface area contributed by atoms with Crippen molar-refractivity contribution in [3.8, 4) is 15.5 Å². The van der Waals surface area contributed by atoms with Crippen LogP contribution in [0.2, 0.25) is 0 Å². The van der Waals surface area contributed by atoms with Crippen LogP contribution in [0.25, 0.3) is 10.4 Å². The van der Waals surface area contributed by atoms with Crippen LogP contribution in [0.4, 0.5) is 4.79 Å². The Morgan fingerprint density at radius 1 is 1.11 bits per heavy atom. The molecule has 3 amide bonds. The third kappa shape index (κ3) is 5.47. The fourth-order valence-electron chi connectivity index (χ4n) is 5.74. The predicted molar refractivity (Wildman–Crippen MR) is 144 cm³/mol. The topological polar surface area (TPSA) is 108 Å². The zero-order valence-electron chi connectivity index (χ0n) is 21.7. The third-order valence-electron chi connectivity index (χ3n) is 7.48. The molecule has 0 spiro atoms. The molecule has 3 saturated heterocycles. The molecule has 38 heavy (non-hydrogen) atoms. The second-order valence-electron chi connectivity index (χ2n) is 10.6. The third-order valence-corrected chi connectivity index (χ3v) is 8.49. The highest BCUT2D eigenvalue weighted by Gasteiger charge is 2.53. The highest BCUT2D eigenvalue weighted by molar-refractivity contribution is 7.17. The fraction of sp³-hybridized carbons (Fsp3) is 0.500. The van der Waals surface area contributed by atoms with Gasteiger partial charge < -0.3 is 25.2 Å². The summed E-state index contributed by atoms with van der Waals surface area (Å²) in [4.78, 5) is 56.7. The summed E-state index contributed by atoms with van der Waals surface area (Å²) in [6, 6.07) is 11.4. The van der Waals surface area contributed by atoms with E-state index in [2.05, 4.69) is 10.6 Å². The van der Waals surface area contributed by atoms with Crippen molar-refractivity contribution < 1.29 is 23.9 Å². The van der Waals surface area contributed by atoms with Crippen LogP contribution in [0.5, 0.6) is 5.06 Å². The molecule has 4 unspecified atom stereocenters. The number of likely N-dealkylation sites (tertiary alicyclic amines) is 2. The van der Waals surface area contributed by atoms with Gasteiger partial charge >= 0.3 is 6.09 Å². The van der Waals surface area contributed by atoms with Gasteiger partial charge in [0.2, 0.25) is 11.8 Å². The summed E-state index contributed by atoms with van der Waals surface area (Å²) in [5.74, 6) is -0.352. The first kappa shape index (κ1) is 26.4. The Morgan fingerprint density at radius 3 is 2.61 bits per heavy atom. The van der Waals surface area contributed by atoms with Gasteiger partial charge in [0.05, 0.1) is 18.6 Å². The van der Waals surface area contributed by atoms with Crippen LogP contribution >= 0.6 is 11.3 Å². The lowest BCUT2D eigenvalue weighted by molar-refractivity contribution is -0.138. The zero-order chi connectivity index (χ0) is 26.8. The molecular formula is C28H34N4O5S. The largest absolute Gasteiger partial charge is 0.414 e. The molecule has 0 aliphatic carbocycles. The number of carbonyl (C=O) groups excluding carboxylic acids is 4. The number of Topliss-reactive ketones (excluding diaryl/α,β-unsaturated/α-hetero) is 1. The number of hydrogen-bond donors (Lipinski definition) is 2. The minimum absolute atomic E-state index is 0.0303. The standard InChI is InChI=1S/C28H34N4O5S/c1-17(2)15-20(30-28(36)37-24-11-10-23(38-24)18-7-4-3-5-8-18)27(35)31-14-12-21-25(31)22(33)16-32(21)26(34)19-9-6-13-29-19/h3-5,7-8,10-11,17,19-21,25,29H,6,9,12-16H2,1-2H3,(H,30,36). The van der Waals surface area contributed by atoms with E-state index >= 15 is 0 Å². The Morgan fingerprint density at radius 2 is 1.89 bits per heavy atom. The van der Waals surface area contributed by atoms with Crippen molar-refractivity contribution in [3.63, 3.8) is 0 Å². The number of ether oxygens (including phenoxy) is 1. The normalized spacial score (nSPS) is 23.6. The van der Waals surface area contributed by atoms with Gasteiger partial charge in [-0.2, -0.15) is 0 Å². The van der Waals surface area contributed by atoms with Crippen molar-refractivity contribution in [2.75, 3.05) is 19.6 Å². The molecule has 4 atom stereocenters. The number of hydrogen-bond acceptors (Lipinski definition) is 7.